The Balaban J connectivity index is 2.04. The second-order valence-corrected chi connectivity index (χ2v) is 5.97. The number of benzene rings is 1. The van der Waals surface area contributed by atoms with Crippen LogP contribution in [0.3, 0.4) is 0 Å². The van der Waals surface area contributed by atoms with Gasteiger partial charge in [-0.1, -0.05) is 37.2 Å². The maximum Gasteiger partial charge on any atom is 0.253 e. The summed E-state index contributed by atoms with van der Waals surface area (Å²) >= 11 is 4.88. The maximum absolute atomic E-state index is 12.3. The van der Waals surface area contributed by atoms with E-state index in [4.69, 9.17) is 18.0 Å². The molecule has 0 spiro atoms. The fourth-order valence-corrected chi connectivity index (χ4v) is 2.84. The number of hydrogen-bond donors (Lipinski definition) is 2. The summed E-state index contributed by atoms with van der Waals surface area (Å²) in [6.07, 6.45) is 3.60. The molecule has 0 heterocycles. The Kier molecular flexibility index (Phi) is 4.40. The molecule has 2 rings (SSSR count). The SMILES string of the molecule is CN(CC1(O)CCCC1)C(=O)c1ccc(C(N)=S)cc1. The van der Waals surface area contributed by atoms with Gasteiger partial charge >= 0.3 is 0 Å². The minimum Gasteiger partial charge on any atom is -0.389 e. The lowest BCUT2D eigenvalue weighted by molar-refractivity contribution is 0.0157. The average Bonchev–Trinajstić information content (AvgIpc) is 2.84. The number of carbonyl (C=O) groups is 1. The molecule has 1 saturated carbocycles. The summed E-state index contributed by atoms with van der Waals surface area (Å²) in [4.78, 5) is 14.2. The molecule has 4 nitrogen and oxygen atoms in total. The van der Waals surface area contributed by atoms with Crippen LogP contribution >= 0.6 is 12.2 Å². The first-order chi connectivity index (χ1) is 9.41. The van der Waals surface area contributed by atoms with Crippen molar-refractivity contribution in [3.63, 3.8) is 0 Å². The van der Waals surface area contributed by atoms with E-state index in [1.807, 2.05) is 0 Å². The highest BCUT2D eigenvalue weighted by Gasteiger charge is 2.33. The van der Waals surface area contributed by atoms with Gasteiger partial charge < -0.3 is 15.7 Å². The quantitative estimate of drug-likeness (QED) is 0.829. The Labute approximate surface area is 124 Å². The molecule has 1 aliphatic rings. The van der Waals surface area contributed by atoms with Crippen molar-refractivity contribution >= 4 is 23.1 Å². The molecule has 20 heavy (non-hydrogen) atoms. The van der Waals surface area contributed by atoms with Crippen molar-refractivity contribution in [1.82, 2.24) is 4.90 Å². The van der Waals surface area contributed by atoms with Crippen molar-refractivity contribution in [2.75, 3.05) is 13.6 Å². The average molecular weight is 292 g/mol. The van der Waals surface area contributed by atoms with Crippen LogP contribution in [-0.2, 0) is 0 Å². The van der Waals surface area contributed by atoms with E-state index in [1.54, 1.807) is 36.2 Å². The maximum atomic E-state index is 12.3. The van der Waals surface area contributed by atoms with Crippen molar-refractivity contribution in [3.8, 4) is 0 Å². The lowest BCUT2D eigenvalue weighted by atomic mass is 10.0. The van der Waals surface area contributed by atoms with Gasteiger partial charge in [-0.15, -0.1) is 0 Å². The third-order valence-corrected chi connectivity index (χ3v) is 4.06. The molecule has 1 amide bonds. The van der Waals surface area contributed by atoms with Crippen LogP contribution in [0.1, 0.15) is 41.6 Å². The normalized spacial score (nSPS) is 16.9. The van der Waals surface area contributed by atoms with Gasteiger partial charge in [-0.3, -0.25) is 4.79 Å². The van der Waals surface area contributed by atoms with E-state index in [-0.39, 0.29) is 5.91 Å². The highest BCUT2D eigenvalue weighted by Crippen LogP contribution is 2.30. The van der Waals surface area contributed by atoms with Crippen LogP contribution in [0.2, 0.25) is 0 Å². The minimum absolute atomic E-state index is 0.0974. The second-order valence-electron chi connectivity index (χ2n) is 5.53. The van der Waals surface area contributed by atoms with Crippen LogP contribution in [-0.4, -0.2) is 40.1 Å². The Bertz CT molecular complexity index is 507. The number of nitrogens with zero attached hydrogens (tertiary/aromatic N) is 1. The fourth-order valence-electron chi connectivity index (χ4n) is 2.70. The van der Waals surface area contributed by atoms with E-state index in [0.717, 1.165) is 31.2 Å². The summed E-state index contributed by atoms with van der Waals surface area (Å²) in [7, 11) is 1.72. The van der Waals surface area contributed by atoms with Gasteiger partial charge in [0.25, 0.3) is 5.91 Å². The van der Waals surface area contributed by atoms with E-state index in [9.17, 15) is 9.90 Å². The Morgan fingerprint density at radius 1 is 1.30 bits per heavy atom. The number of amides is 1. The predicted octanol–water partition coefficient (Wildman–Crippen LogP) is 1.70. The van der Waals surface area contributed by atoms with Crippen molar-refractivity contribution in [1.29, 1.82) is 0 Å². The van der Waals surface area contributed by atoms with Crippen LogP contribution in [0, 0.1) is 0 Å². The van der Waals surface area contributed by atoms with Crippen molar-refractivity contribution in [2.24, 2.45) is 5.73 Å². The third-order valence-electron chi connectivity index (χ3n) is 3.83. The molecule has 1 fully saturated rings. The molecule has 1 aliphatic carbocycles. The number of hydrogen-bond acceptors (Lipinski definition) is 3. The summed E-state index contributed by atoms with van der Waals surface area (Å²) in [6, 6.07) is 6.92. The van der Waals surface area contributed by atoms with Crippen molar-refractivity contribution < 1.29 is 9.90 Å². The Morgan fingerprint density at radius 2 is 1.80 bits per heavy atom. The Morgan fingerprint density at radius 3 is 2.30 bits per heavy atom. The van der Waals surface area contributed by atoms with Crippen LogP contribution in [0.4, 0.5) is 0 Å². The van der Waals surface area contributed by atoms with Crippen molar-refractivity contribution in [3.05, 3.63) is 35.4 Å². The first kappa shape index (κ1) is 14.9. The van der Waals surface area contributed by atoms with Crippen LogP contribution in [0.5, 0.6) is 0 Å². The van der Waals surface area contributed by atoms with Gasteiger partial charge in [0.1, 0.15) is 4.99 Å². The molecular weight excluding hydrogens is 272 g/mol. The van der Waals surface area contributed by atoms with E-state index >= 15 is 0 Å². The van der Waals surface area contributed by atoms with Crippen LogP contribution in [0.15, 0.2) is 24.3 Å². The molecular formula is C15H20N2O2S. The number of carbonyl (C=O) groups excluding carboxylic acids is 1. The van der Waals surface area contributed by atoms with Gasteiger partial charge in [0.15, 0.2) is 0 Å². The van der Waals surface area contributed by atoms with E-state index in [1.165, 1.54) is 0 Å². The molecule has 3 N–H and O–H groups in total. The fraction of sp³-hybridized carbons (Fsp3) is 0.467. The minimum atomic E-state index is -0.719. The van der Waals surface area contributed by atoms with Gasteiger partial charge in [0.2, 0.25) is 0 Å². The first-order valence-electron chi connectivity index (χ1n) is 6.79. The van der Waals surface area contributed by atoms with Gasteiger partial charge in [0, 0.05) is 24.7 Å². The van der Waals surface area contributed by atoms with E-state index in [0.29, 0.717) is 17.1 Å². The summed E-state index contributed by atoms with van der Waals surface area (Å²) in [5.41, 5.74) is 6.13. The second kappa shape index (κ2) is 5.89. The molecule has 0 atom stereocenters. The number of rotatable bonds is 4. The molecule has 1 aromatic rings. The molecule has 0 aliphatic heterocycles. The predicted molar refractivity (Wildman–Crippen MR) is 82.7 cm³/mol. The molecule has 0 aromatic heterocycles. The number of nitrogens with two attached hydrogens (primary N) is 1. The van der Waals surface area contributed by atoms with Crippen LogP contribution in [0.25, 0.3) is 0 Å². The van der Waals surface area contributed by atoms with Gasteiger partial charge in [-0.25, -0.2) is 0 Å². The smallest absolute Gasteiger partial charge is 0.253 e. The molecule has 0 unspecified atom stereocenters. The third kappa shape index (κ3) is 3.35. The number of likely N-dealkylation sites (N-methyl/N-ethyl adjacent to an activating group) is 1. The summed E-state index contributed by atoms with van der Waals surface area (Å²) in [5.74, 6) is -0.0974. The molecule has 108 valence electrons. The summed E-state index contributed by atoms with van der Waals surface area (Å²) < 4.78 is 0. The van der Waals surface area contributed by atoms with Crippen LogP contribution < -0.4 is 5.73 Å². The van der Waals surface area contributed by atoms with Gasteiger partial charge in [0.05, 0.1) is 5.60 Å². The number of aliphatic hydroxyl groups is 1. The lowest BCUT2D eigenvalue weighted by Gasteiger charge is -2.28. The molecule has 1 aromatic carbocycles. The molecule has 0 saturated heterocycles. The highest BCUT2D eigenvalue weighted by atomic mass is 32.1. The molecule has 5 heteroatoms. The summed E-state index contributed by atoms with van der Waals surface area (Å²) in [5, 5.41) is 10.3. The largest absolute Gasteiger partial charge is 0.389 e. The van der Waals surface area contributed by atoms with Gasteiger partial charge in [-0.2, -0.15) is 0 Å². The standard InChI is InChI=1S/C15H20N2O2S/c1-17(10-15(19)8-2-3-9-15)14(18)12-6-4-11(5-7-12)13(16)20/h4-7,19H,2-3,8-10H2,1H3,(H2,16,20). The van der Waals surface area contributed by atoms with E-state index in [2.05, 4.69) is 0 Å². The number of thiocarbonyl (C=S) groups is 1. The zero-order valence-electron chi connectivity index (χ0n) is 11.6. The zero-order valence-corrected chi connectivity index (χ0v) is 12.4. The summed E-state index contributed by atoms with van der Waals surface area (Å²) in [6.45, 7) is 0.378. The zero-order chi connectivity index (χ0) is 14.8. The van der Waals surface area contributed by atoms with Crippen molar-refractivity contribution in [2.45, 2.75) is 31.3 Å². The monoisotopic (exact) mass is 292 g/mol. The lowest BCUT2D eigenvalue weighted by Crippen LogP contribution is -2.42. The molecule has 0 bridgehead atoms. The van der Waals surface area contributed by atoms with E-state index < -0.39 is 5.60 Å². The topological polar surface area (TPSA) is 66.6 Å². The molecule has 0 radical (unpaired) electrons. The van der Waals surface area contributed by atoms with Gasteiger partial charge in [-0.05, 0) is 25.0 Å². The Hall–Kier alpha value is -1.46. The highest BCUT2D eigenvalue weighted by molar-refractivity contribution is 7.80. The first-order valence-corrected chi connectivity index (χ1v) is 7.20.